The van der Waals surface area contributed by atoms with Crippen LogP contribution in [0.4, 0.5) is 0 Å². The highest BCUT2D eigenvalue weighted by atomic mass is 32.2. The number of carbonyl (C=O) groups is 1. The van der Waals surface area contributed by atoms with Gasteiger partial charge in [-0.15, -0.1) is 0 Å². The second-order valence-electron chi connectivity index (χ2n) is 5.54. The fourth-order valence-electron chi connectivity index (χ4n) is 2.52. The molecule has 132 valence electrons. The lowest BCUT2D eigenvalue weighted by atomic mass is 10.2. The Morgan fingerprint density at radius 3 is 2.84 bits per heavy atom. The molecule has 0 spiro atoms. The Balaban J connectivity index is 1.67. The van der Waals surface area contributed by atoms with Crippen molar-refractivity contribution in [3.63, 3.8) is 0 Å². The normalized spacial score (nSPS) is 16.4. The topological polar surface area (TPSA) is 73.3 Å². The maximum absolute atomic E-state index is 12.6. The number of hydrogen-bond donors (Lipinski definition) is 1. The van der Waals surface area contributed by atoms with Gasteiger partial charge in [-0.25, -0.2) is 9.97 Å². The number of hydrogen-bond acceptors (Lipinski definition) is 6. The predicted molar refractivity (Wildman–Crippen MR) is 97.2 cm³/mol. The van der Waals surface area contributed by atoms with Crippen molar-refractivity contribution in [1.29, 1.82) is 0 Å². The molecule has 6 nitrogen and oxygen atoms in total. The molecule has 1 aliphatic rings. The van der Waals surface area contributed by atoms with Gasteiger partial charge < -0.3 is 14.8 Å². The summed E-state index contributed by atoms with van der Waals surface area (Å²) in [4.78, 5) is 21.0. The summed E-state index contributed by atoms with van der Waals surface area (Å²) >= 11 is 1.86. The van der Waals surface area contributed by atoms with Crippen LogP contribution in [0.25, 0.3) is 0 Å². The van der Waals surface area contributed by atoms with Gasteiger partial charge in [-0.2, -0.15) is 11.8 Å². The van der Waals surface area contributed by atoms with Crippen LogP contribution in [0.15, 0.2) is 36.7 Å². The molecular weight excluding hydrogens is 338 g/mol. The van der Waals surface area contributed by atoms with Crippen molar-refractivity contribution in [1.82, 2.24) is 15.3 Å². The number of carbonyl (C=O) groups excluding carboxylic acids is 1. The summed E-state index contributed by atoms with van der Waals surface area (Å²) in [7, 11) is 0. The molecule has 1 amide bonds. The maximum Gasteiger partial charge on any atom is 0.257 e. The smallest absolute Gasteiger partial charge is 0.257 e. The molecule has 2 aromatic rings. The summed E-state index contributed by atoms with van der Waals surface area (Å²) in [5.74, 6) is 2.73. The first kappa shape index (κ1) is 17.5. The molecule has 3 heterocycles. The van der Waals surface area contributed by atoms with Crippen molar-refractivity contribution < 1.29 is 14.3 Å². The van der Waals surface area contributed by atoms with Gasteiger partial charge in [-0.05, 0) is 37.3 Å². The van der Waals surface area contributed by atoms with Crippen LogP contribution in [0, 0.1) is 0 Å². The Bertz CT molecular complexity index is 720. The van der Waals surface area contributed by atoms with E-state index in [4.69, 9.17) is 9.47 Å². The second kappa shape index (κ2) is 8.71. The summed E-state index contributed by atoms with van der Waals surface area (Å²) in [5, 5.41) is 2.90. The van der Waals surface area contributed by atoms with Crippen molar-refractivity contribution in [2.75, 3.05) is 18.1 Å². The van der Waals surface area contributed by atoms with Gasteiger partial charge in [0.2, 0.25) is 11.8 Å². The van der Waals surface area contributed by atoms with Gasteiger partial charge in [0.1, 0.15) is 11.7 Å². The highest BCUT2D eigenvalue weighted by molar-refractivity contribution is 7.99. The highest BCUT2D eigenvalue weighted by Crippen LogP contribution is 2.24. The number of rotatable bonds is 7. The summed E-state index contributed by atoms with van der Waals surface area (Å²) in [6, 6.07) is 7.17. The molecule has 0 saturated carbocycles. The summed E-state index contributed by atoms with van der Waals surface area (Å²) < 4.78 is 11.4. The van der Waals surface area contributed by atoms with Crippen molar-refractivity contribution in [2.45, 2.75) is 26.0 Å². The van der Waals surface area contributed by atoms with E-state index >= 15 is 0 Å². The quantitative estimate of drug-likeness (QED) is 0.819. The standard InChI is InChI=1S/C18H21N3O3S/c1-2-23-17-13(5-3-8-19-17)11-21-16(22)15-6-4-9-20-18(15)24-14-7-10-25-12-14/h3-6,8-9,14H,2,7,10-12H2,1H3,(H,21,22). The Morgan fingerprint density at radius 1 is 1.28 bits per heavy atom. The van der Waals surface area contributed by atoms with Crippen LogP contribution < -0.4 is 14.8 Å². The van der Waals surface area contributed by atoms with Gasteiger partial charge in [0.25, 0.3) is 5.91 Å². The van der Waals surface area contributed by atoms with Crippen molar-refractivity contribution in [3.05, 3.63) is 47.8 Å². The van der Waals surface area contributed by atoms with E-state index in [0.29, 0.717) is 30.5 Å². The Labute approximate surface area is 151 Å². The molecule has 0 aliphatic carbocycles. The molecule has 7 heteroatoms. The average molecular weight is 359 g/mol. The van der Waals surface area contributed by atoms with Crippen molar-refractivity contribution in [2.24, 2.45) is 0 Å². The van der Waals surface area contributed by atoms with E-state index in [1.807, 2.05) is 30.8 Å². The minimum absolute atomic E-state index is 0.120. The molecule has 1 unspecified atom stereocenters. The van der Waals surface area contributed by atoms with Crippen LogP contribution in [0.3, 0.4) is 0 Å². The summed E-state index contributed by atoms with van der Waals surface area (Å²) in [6.45, 7) is 2.76. The Hall–Kier alpha value is -2.28. The van der Waals surface area contributed by atoms with Crippen molar-refractivity contribution in [3.8, 4) is 11.8 Å². The highest BCUT2D eigenvalue weighted by Gasteiger charge is 2.21. The molecule has 1 fully saturated rings. The summed E-state index contributed by atoms with van der Waals surface area (Å²) in [5.41, 5.74) is 1.28. The zero-order valence-corrected chi connectivity index (χ0v) is 14.9. The minimum Gasteiger partial charge on any atom is -0.478 e. The molecule has 1 atom stereocenters. The number of pyridine rings is 2. The van der Waals surface area contributed by atoms with Crippen LogP contribution in [0.1, 0.15) is 29.3 Å². The first-order valence-corrected chi connectivity index (χ1v) is 9.47. The average Bonchev–Trinajstić information content (AvgIpc) is 3.14. The molecule has 0 bridgehead atoms. The molecular formula is C18H21N3O3S. The summed E-state index contributed by atoms with van der Waals surface area (Å²) in [6.07, 6.45) is 4.41. The van der Waals surface area contributed by atoms with E-state index in [1.54, 1.807) is 24.5 Å². The number of thioether (sulfide) groups is 1. The molecule has 1 N–H and O–H groups in total. The minimum atomic E-state index is -0.222. The molecule has 0 radical (unpaired) electrons. The maximum atomic E-state index is 12.6. The number of ether oxygens (including phenoxy) is 2. The monoisotopic (exact) mass is 359 g/mol. The molecule has 1 saturated heterocycles. The van der Waals surface area contributed by atoms with Gasteiger partial charge in [-0.3, -0.25) is 4.79 Å². The molecule has 25 heavy (non-hydrogen) atoms. The van der Waals surface area contributed by atoms with Gasteiger partial charge >= 0.3 is 0 Å². The number of amides is 1. The van der Waals surface area contributed by atoms with Crippen LogP contribution in [-0.4, -0.2) is 40.1 Å². The fraction of sp³-hybridized carbons (Fsp3) is 0.389. The third kappa shape index (κ3) is 4.63. The van der Waals surface area contributed by atoms with Crippen molar-refractivity contribution >= 4 is 17.7 Å². The zero-order valence-electron chi connectivity index (χ0n) is 14.1. The van der Waals surface area contributed by atoms with Gasteiger partial charge in [0.05, 0.1) is 6.61 Å². The van der Waals surface area contributed by atoms with E-state index in [-0.39, 0.29) is 12.0 Å². The van der Waals surface area contributed by atoms with Gasteiger partial charge in [0, 0.05) is 30.3 Å². The first-order chi connectivity index (χ1) is 12.3. The van der Waals surface area contributed by atoms with E-state index < -0.39 is 0 Å². The van der Waals surface area contributed by atoms with Crippen LogP contribution in [0.2, 0.25) is 0 Å². The SMILES string of the molecule is CCOc1ncccc1CNC(=O)c1cccnc1OC1CCSC1. The number of nitrogens with zero attached hydrogens (tertiary/aromatic N) is 2. The molecule has 2 aromatic heterocycles. The lowest BCUT2D eigenvalue weighted by Crippen LogP contribution is -2.25. The fourth-order valence-corrected chi connectivity index (χ4v) is 3.61. The second-order valence-corrected chi connectivity index (χ2v) is 6.69. The number of aromatic nitrogens is 2. The third-order valence-corrected chi connectivity index (χ3v) is 4.88. The van der Waals surface area contributed by atoms with E-state index in [2.05, 4.69) is 15.3 Å². The van der Waals surface area contributed by atoms with Crippen LogP contribution in [-0.2, 0) is 6.54 Å². The Kier molecular flexibility index (Phi) is 6.11. The van der Waals surface area contributed by atoms with Gasteiger partial charge in [0.15, 0.2) is 0 Å². The molecule has 0 aromatic carbocycles. The van der Waals surface area contributed by atoms with E-state index in [9.17, 15) is 4.79 Å². The largest absolute Gasteiger partial charge is 0.478 e. The molecule has 3 rings (SSSR count). The zero-order chi connectivity index (χ0) is 17.5. The van der Waals surface area contributed by atoms with Crippen LogP contribution in [0.5, 0.6) is 11.8 Å². The van der Waals surface area contributed by atoms with Crippen LogP contribution >= 0.6 is 11.8 Å². The number of nitrogens with one attached hydrogen (secondary N) is 1. The first-order valence-electron chi connectivity index (χ1n) is 8.32. The molecule has 1 aliphatic heterocycles. The van der Waals surface area contributed by atoms with Gasteiger partial charge in [-0.1, -0.05) is 6.07 Å². The van der Waals surface area contributed by atoms with E-state index in [0.717, 1.165) is 23.5 Å². The Morgan fingerprint density at radius 2 is 2.08 bits per heavy atom. The van der Waals surface area contributed by atoms with E-state index in [1.165, 1.54) is 0 Å². The lowest BCUT2D eigenvalue weighted by molar-refractivity contribution is 0.0942. The third-order valence-electron chi connectivity index (χ3n) is 3.75. The lowest BCUT2D eigenvalue weighted by Gasteiger charge is -2.15. The predicted octanol–water partition coefficient (Wildman–Crippen LogP) is 2.69.